The number of methoxy groups -OCH3 is 2. The topological polar surface area (TPSA) is 78.4 Å². The van der Waals surface area contributed by atoms with E-state index in [1.165, 1.54) is 20.4 Å². The molecule has 0 aliphatic rings. The Labute approximate surface area is 211 Å². The Morgan fingerprint density at radius 1 is 1.03 bits per heavy atom. The molecule has 0 heterocycles. The Balaban J connectivity index is 1.73. The second-order valence-corrected chi connectivity index (χ2v) is 8.30. The Hall–Kier alpha value is -3.23. The first-order valence-electron chi connectivity index (χ1n) is 10.3. The van der Waals surface area contributed by atoms with E-state index in [1.54, 1.807) is 30.3 Å². The van der Waals surface area contributed by atoms with Crippen LogP contribution in [0.5, 0.6) is 23.0 Å². The van der Waals surface area contributed by atoms with Crippen LogP contribution in [-0.2, 0) is 6.61 Å². The van der Waals surface area contributed by atoms with Crippen molar-refractivity contribution in [1.82, 2.24) is 5.43 Å². The van der Waals surface area contributed by atoms with Crippen molar-refractivity contribution in [1.29, 1.82) is 0 Å². The lowest BCUT2D eigenvalue weighted by Crippen LogP contribution is -2.17. The normalized spacial score (nSPS) is 10.7. The maximum absolute atomic E-state index is 12.5. The van der Waals surface area contributed by atoms with Gasteiger partial charge in [-0.2, -0.15) is 5.10 Å². The molecule has 0 radical (unpaired) electrons. The molecule has 7 nitrogen and oxygen atoms in total. The number of benzene rings is 3. The molecule has 0 unspecified atom stereocenters. The van der Waals surface area contributed by atoms with E-state index in [9.17, 15) is 4.79 Å². The molecule has 1 amide bonds. The maximum Gasteiger partial charge on any atom is 0.271 e. The van der Waals surface area contributed by atoms with Crippen molar-refractivity contribution in [2.24, 2.45) is 5.10 Å². The van der Waals surface area contributed by atoms with E-state index >= 15 is 0 Å². The van der Waals surface area contributed by atoms with Crippen LogP contribution in [0, 0.1) is 0 Å². The number of halogens is 2. The summed E-state index contributed by atoms with van der Waals surface area (Å²) in [6.07, 6.45) is 1.47. The highest BCUT2D eigenvalue weighted by molar-refractivity contribution is 9.10. The van der Waals surface area contributed by atoms with Gasteiger partial charge in [-0.25, -0.2) is 5.43 Å². The van der Waals surface area contributed by atoms with Crippen LogP contribution in [-0.4, -0.2) is 32.9 Å². The lowest BCUT2D eigenvalue weighted by atomic mass is 10.2. The summed E-state index contributed by atoms with van der Waals surface area (Å²) in [5.41, 5.74) is 4.46. The van der Waals surface area contributed by atoms with Crippen molar-refractivity contribution in [2.75, 3.05) is 20.8 Å². The predicted octanol–water partition coefficient (Wildman–Crippen LogP) is 5.86. The van der Waals surface area contributed by atoms with E-state index in [0.29, 0.717) is 52.4 Å². The molecule has 34 heavy (non-hydrogen) atoms. The van der Waals surface area contributed by atoms with Crippen LogP contribution in [0.25, 0.3) is 0 Å². The molecule has 3 rings (SSSR count). The van der Waals surface area contributed by atoms with Crippen LogP contribution in [0.4, 0.5) is 0 Å². The van der Waals surface area contributed by atoms with Gasteiger partial charge in [0.15, 0.2) is 11.5 Å². The third-order valence-electron chi connectivity index (χ3n) is 4.62. The lowest BCUT2D eigenvalue weighted by molar-refractivity contribution is 0.0954. The lowest BCUT2D eigenvalue weighted by Gasteiger charge is -2.14. The monoisotopic (exact) mass is 546 g/mol. The summed E-state index contributed by atoms with van der Waals surface area (Å²) >= 11 is 9.89. The van der Waals surface area contributed by atoms with E-state index in [-0.39, 0.29) is 0 Å². The van der Waals surface area contributed by atoms with Crippen LogP contribution in [0.1, 0.15) is 28.4 Å². The number of carbonyl (C=O) groups excluding carboxylic acids is 1. The van der Waals surface area contributed by atoms with Gasteiger partial charge in [-0.05, 0) is 54.4 Å². The Morgan fingerprint density at radius 3 is 2.32 bits per heavy atom. The molecule has 9 heteroatoms. The minimum absolute atomic E-state index is 0.334. The number of rotatable bonds is 10. The largest absolute Gasteiger partial charge is 0.497 e. The average Bonchev–Trinajstić information content (AvgIpc) is 2.84. The van der Waals surface area contributed by atoms with Crippen molar-refractivity contribution < 1.29 is 23.7 Å². The number of hydrogen-bond acceptors (Lipinski definition) is 6. The minimum atomic E-state index is -0.418. The highest BCUT2D eigenvalue weighted by atomic mass is 79.9. The summed E-state index contributed by atoms with van der Waals surface area (Å²) < 4.78 is 23.0. The van der Waals surface area contributed by atoms with Crippen molar-refractivity contribution in [3.05, 3.63) is 80.8 Å². The van der Waals surface area contributed by atoms with Gasteiger partial charge in [-0.15, -0.1) is 0 Å². The number of nitrogens with one attached hydrogen (secondary N) is 1. The van der Waals surface area contributed by atoms with E-state index in [2.05, 4.69) is 26.5 Å². The van der Waals surface area contributed by atoms with Gasteiger partial charge in [-0.3, -0.25) is 4.79 Å². The molecule has 0 saturated heterocycles. The molecule has 0 aliphatic carbocycles. The standard InChI is InChI=1S/C25H24BrClN2O5/c1-4-33-23-10-17(9-22(27)24(23)34-15-16-5-7-19(26)8-6-16)14-28-29-25(30)18-11-20(31-2)13-21(12-18)32-3/h5-14H,4,15H2,1-3H3,(H,29,30)/b28-14-. The van der Waals surface area contributed by atoms with E-state index in [4.69, 9.17) is 30.5 Å². The molecule has 0 aromatic heterocycles. The smallest absolute Gasteiger partial charge is 0.271 e. The van der Waals surface area contributed by atoms with Gasteiger partial charge in [0, 0.05) is 16.1 Å². The zero-order valence-corrected chi connectivity index (χ0v) is 21.3. The van der Waals surface area contributed by atoms with Crippen molar-refractivity contribution in [3.8, 4) is 23.0 Å². The number of carbonyl (C=O) groups is 1. The van der Waals surface area contributed by atoms with Crippen LogP contribution >= 0.6 is 27.5 Å². The molecule has 3 aromatic carbocycles. The summed E-state index contributed by atoms with van der Waals surface area (Å²) in [4.78, 5) is 12.5. The van der Waals surface area contributed by atoms with Gasteiger partial charge in [0.1, 0.15) is 18.1 Å². The summed E-state index contributed by atoms with van der Waals surface area (Å²) in [6, 6.07) is 16.1. The summed E-state index contributed by atoms with van der Waals surface area (Å²) in [5.74, 6) is 1.51. The third kappa shape index (κ3) is 6.88. The Bertz CT molecular complexity index is 1150. The van der Waals surface area contributed by atoms with Crippen molar-refractivity contribution in [2.45, 2.75) is 13.5 Å². The quantitative estimate of drug-likeness (QED) is 0.254. The van der Waals surface area contributed by atoms with E-state index in [1.807, 2.05) is 31.2 Å². The molecule has 0 bridgehead atoms. The first-order valence-corrected chi connectivity index (χ1v) is 11.5. The van der Waals surface area contributed by atoms with Gasteiger partial charge in [-0.1, -0.05) is 39.7 Å². The Kier molecular flexibility index (Phi) is 9.18. The van der Waals surface area contributed by atoms with E-state index < -0.39 is 5.91 Å². The molecule has 0 aliphatic heterocycles. The van der Waals surface area contributed by atoms with Gasteiger partial charge < -0.3 is 18.9 Å². The molecular weight excluding hydrogens is 524 g/mol. The first kappa shape index (κ1) is 25.4. The molecule has 1 N–H and O–H groups in total. The summed E-state index contributed by atoms with van der Waals surface area (Å²) in [6.45, 7) is 2.64. The summed E-state index contributed by atoms with van der Waals surface area (Å²) in [5, 5.41) is 4.41. The van der Waals surface area contributed by atoms with Gasteiger partial charge >= 0.3 is 0 Å². The zero-order valence-electron chi connectivity index (χ0n) is 18.9. The number of ether oxygens (including phenoxy) is 4. The number of nitrogens with zero attached hydrogens (tertiary/aromatic N) is 1. The van der Waals surface area contributed by atoms with Gasteiger partial charge in [0.2, 0.25) is 0 Å². The van der Waals surface area contributed by atoms with Crippen LogP contribution in [0.2, 0.25) is 5.02 Å². The van der Waals surface area contributed by atoms with Crippen LogP contribution in [0.3, 0.4) is 0 Å². The zero-order chi connectivity index (χ0) is 24.5. The maximum atomic E-state index is 12.5. The molecular formula is C25H24BrClN2O5. The molecule has 3 aromatic rings. The number of amides is 1. The van der Waals surface area contributed by atoms with E-state index in [0.717, 1.165) is 10.0 Å². The molecule has 178 valence electrons. The fraction of sp³-hybridized carbons (Fsp3) is 0.200. The highest BCUT2D eigenvalue weighted by Crippen LogP contribution is 2.37. The third-order valence-corrected chi connectivity index (χ3v) is 5.43. The van der Waals surface area contributed by atoms with Gasteiger partial charge in [0.25, 0.3) is 5.91 Å². The second kappa shape index (κ2) is 12.3. The summed E-state index contributed by atoms with van der Waals surface area (Å²) in [7, 11) is 3.03. The molecule has 0 atom stereocenters. The Morgan fingerprint density at radius 2 is 1.71 bits per heavy atom. The molecule has 0 spiro atoms. The first-order chi connectivity index (χ1) is 16.4. The molecule has 0 fully saturated rings. The number of hydrazone groups is 1. The fourth-order valence-electron chi connectivity index (χ4n) is 2.97. The highest BCUT2D eigenvalue weighted by Gasteiger charge is 2.13. The minimum Gasteiger partial charge on any atom is -0.497 e. The van der Waals surface area contributed by atoms with Gasteiger partial charge in [0.05, 0.1) is 32.1 Å². The molecule has 0 saturated carbocycles. The van der Waals surface area contributed by atoms with Crippen LogP contribution < -0.4 is 24.4 Å². The fourth-order valence-corrected chi connectivity index (χ4v) is 3.51. The van der Waals surface area contributed by atoms with Crippen LogP contribution in [0.15, 0.2) is 64.2 Å². The van der Waals surface area contributed by atoms with Crippen molar-refractivity contribution in [3.63, 3.8) is 0 Å². The second-order valence-electron chi connectivity index (χ2n) is 6.98. The predicted molar refractivity (Wildman–Crippen MR) is 136 cm³/mol. The average molecular weight is 548 g/mol. The van der Waals surface area contributed by atoms with Crippen molar-refractivity contribution >= 4 is 39.7 Å². The SMILES string of the molecule is CCOc1cc(/C=N\NC(=O)c2cc(OC)cc(OC)c2)cc(Cl)c1OCc1ccc(Br)cc1. The number of hydrogen-bond donors (Lipinski definition) is 1.